The molecule has 0 spiro atoms. The van der Waals surface area contributed by atoms with Crippen LogP contribution in [0.15, 0.2) is 24.7 Å². The zero-order valence-corrected chi connectivity index (χ0v) is 9.46. The molecule has 2 aromatic heterocycles. The molecule has 2 heterocycles. The van der Waals surface area contributed by atoms with Crippen LogP contribution in [0.25, 0.3) is 0 Å². The number of ketones is 1. The number of carbonyl (C=O) groups is 1. The second-order valence-electron chi connectivity index (χ2n) is 3.83. The molecule has 0 radical (unpaired) electrons. The molecule has 16 heavy (non-hydrogen) atoms. The van der Waals surface area contributed by atoms with E-state index in [-0.39, 0.29) is 5.78 Å². The first kappa shape index (κ1) is 9.66. The molecule has 0 N–H and O–H groups in total. The van der Waals surface area contributed by atoms with Crippen LogP contribution in [0.5, 0.6) is 0 Å². The number of fused-ring (bicyclic) bond motifs is 1. The lowest BCUT2D eigenvalue weighted by molar-refractivity contribution is 0.103. The van der Waals surface area contributed by atoms with Crippen LogP contribution in [-0.2, 0) is 12.8 Å². The van der Waals surface area contributed by atoms with Gasteiger partial charge < -0.3 is 0 Å². The van der Waals surface area contributed by atoms with Crippen LogP contribution in [0.4, 0.5) is 0 Å². The van der Waals surface area contributed by atoms with E-state index in [2.05, 4.69) is 9.97 Å². The monoisotopic (exact) mass is 230 g/mol. The van der Waals surface area contributed by atoms with E-state index in [9.17, 15) is 4.79 Å². The van der Waals surface area contributed by atoms with E-state index < -0.39 is 0 Å². The fraction of sp³-hybridized carbons (Fsp3) is 0.250. The molecule has 0 bridgehead atoms. The summed E-state index contributed by atoms with van der Waals surface area (Å²) in [7, 11) is 0. The SMILES string of the molecule is O=C(c1cnccn1)c1cc2c(s1)CCC2. The third-order valence-electron chi connectivity index (χ3n) is 2.77. The summed E-state index contributed by atoms with van der Waals surface area (Å²) in [4.78, 5) is 22.2. The Labute approximate surface area is 97.2 Å². The number of aromatic nitrogens is 2. The molecule has 1 aliphatic carbocycles. The predicted molar refractivity (Wildman–Crippen MR) is 61.8 cm³/mol. The predicted octanol–water partition coefficient (Wildman–Crippen LogP) is 2.26. The van der Waals surface area contributed by atoms with Crippen molar-refractivity contribution in [3.05, 3.63) is 45.7 Å². The smallest absolute Gasteiger partial charge is 0.222 e. The van der Waals surface area contributed by atoms with E-state index >= 15 is 0 Å². The Bertz CT molecular complexity index is 512. The van der Waals surface area contributed by atoms with Crippen molar-refractivity contribution in [3.63, 3.8) is 0 Å². The van der Waals surface area contributed by atoms with Crippen molar-refractivity contribution >= 4 is 17.1 Å². The Kier molecular flexibility index (Phi) is 2.29. The van der Waals surface area contributed by atoms with Crippen molar-refractivity contribution < 1.29 is 4.79 Å². The third-order valence-corrected chi connectivity index (χ3v) is 4.00. The largest absolute Gasteiger partial charge is 0.286 e. The average molecular weight is 230 g/mol. The topological polar surface area (TPSA) is 42.9 Å². The van der Waals surface area contributed by atoms with Crippen molar-refractivity contribution in [2.45, 2.75) is 19.3 Å². The Morgan fingerprint density at radius 3 is 3.00 bits per heavy atom. The number of hydrogen-bond donors (Lipinski definition) is 0. The third kappa shape index (κ3) is 1.55. The molecule has 0 amide bonds. The van der Waals surface area contributed by atoms with Gasteiger partial charge in [0.25, 0.3) is 0 Å². The zero-order valence-electron chi connectivity index (χ0n) is 8.64. The van der Waals surface area contributed by atoms with Gasteiger partial charge in [-0.2, -0.15) is 0 Å². The molecule has 0 fully saturated rings. The van der Waals surface area contributed by atoms with Gasteiger partial charge in [-0.05, 0) is 30.9 Å². The van der Waals surface area contributed by atoms with Crippen LogP contribution in [0.1, 0.15) is 32.2 Å². The molecule has 0 aliphatic heterocycles. The van der Waals surface area contributed by atoms with Gasteiger partial charge in [0.2, 0.25) is 5.78 Å². The molecule has 0 unspecified atom stereocenters. The van der Waals surface area contributed by atoms with Crippen LogP contribution in [-0.4, -0.2) is 15.8 Å². The van der Waals surface area contributed by atoms with E-state index in [0.717, 1.165) is 17.7 Å². The van der Waals surface area contributed by atoms with Gasteiger partial charge in [0, 0.05) is 17.3 Å². The minimum absolute atomic E-state index is 0.00694. The van der Waals surface area contributed by atoms with E-state index in [4.69, 9.17) is 0 Å². The molecular weight excluding hydrogens is 220 g/mol. The highest BCUT2D eigenvalue weighted by molar-refractivity contribution is 7.14. The van der Waals surface area contributed by atoms with Crippen molar-refractivity contribution in [2.75, 3.05) is 0 Å². The van der Waals surface area contributed by atoms with Gasteiger partial charge in [-0.3, -0.25) is 9.78 Å². The highest BCUT2D eigenvalue weighted by Crippen LogP contribution is 2.31. The molecule has 3 nitrogen and oxygen atoms in total. The van der Waals surface area contributed by atoms with Gasteiger partial charge in [0.15, 0.2) is 0 Å². The maximum atomic E-state index is 12.1. The molecule has 0 atom stereocenters. The molecule has 80 valence electrons. The van der Waals surface area contributed by atoms with Crippen LogP contribution < -0.4 is 0 Å². The van der Waals surface area contributed by atoms with Crippen molar-refractivity contribution in [1.82, 2.24) is 9.97 Å². The Balaban J connectivity index is 1.95. The molecule has 0 aromatic carbocycles. The molecule has 0 saturated heterocycles. The first-order valence-electron chi connectivity index (χ1n) is 5.27. The Hall–Kier alpha value is -1.55. The van der Waals surface area contributed by atoms with Crippen LogP contribution >= 0.6 is 11.3 Å². The molecule has 4 heteroatoms. The average Bonchev–Trinajstić information content (AvgIpc) is 2.89. The van der Waals surface area contributed by atoms with Crippen LogP contribution in [0.3, 0.4) is 0 Å². The summed E-state index contributed by atoms with van der Waals surface area (Å²) < 4.78 is 0. The van der Waals surface area contributed by atoms with Crippen molar-refractivity contribution in [3.8, 4) is 0 Å². The summed E-state index contributed by atoms with van der Waals surface area (Å²) >= 11 is 1.61. The summed E-state index contributed by atoms with van der Waals surface area (Å²) in [6, 6.07) is 2.02. The quantitative estimate of drug-likeness (QED) is 0.743. The highest BCUT2D eigenvalue weighted by Gasteiger charge is 2.19. The lowest BCUT2D eigenvalue weighted by atomic mass is 10.2. The lowest BCUT2D eigenvalue weighted by Crippen LogP contribution is -2.01. The standard InChI is InChI=1S/C12H10N2OS/c15-12(9-7-13-4-5-14-9)11-6-8-2-1-3-10(8)16-11/h4-7H,1-3H2. The van der Waals surface area contributed by atoms with Crippen LogP contribution in [0.2, 0.25) is 0 Å². The van der Waals surface area contributed by atoms with Gasteiger partial charge in [-0.15, -0.1) is 11.3 Å². The Morgan fingerprint density at radius 1 is 1.31 bits per heavy atom. The van der Waals surface area contributed by atoms with E-state index in [0.29, 0.717) is 5.69 Å². The molecule has 2 aromatic rings. The van der Waals surface area contributed by atoms with Gasteiger partial charge in [-0.25, -0.2) is 4.98 Å². The Morgan fingerprint density at radius 2 is 2.25 bits per heavy atom. The minimum Gasteiger partial charge on any atom is -0.286 e. The summed E-state index contributed by atoms with van der Waals surface area (Å²) in [6.07, 6.45) is 8.10. The van der Waals surface area contributed by atoms with E-state index in [1.54, 1.807) is 23.7 Å². The summed E-state index contributed by atoms with van der Waals surface area (Å²) in [6.45, 7) is 0. The molecule has 1 aliphatic rings. The fourth-order valence-corrected chi connectivity index (χ4v) is 3.19. The number of aryl methyl sites for hydroxylation is 2. The van der Waals surface area contributed by atoms with Gasteiger partial charge in [-0.1, -0.05) is 0 Å². The maximum Gasteiger partial charge on any atom is 0.222 e. The van der Waals surface area contributed by atoms with Gasteiger partial charge in [0.1, 0.15) is 5.69 Å². The normalized spacial score (nSPS) is 13.8. The summed E-state index contributed by atoms with van der Waals surface area (Å²) in [5.74, 6) is -0.00694. The fourth-order valence-electron chi connectivity index (χ4n) is 1.98. The first-order valence-corrected chi connectivity index (χ1v) is 6.08. The van der Waals surface area contributed by atoms with Crippen LogP contribution in [0, 0.1) is 0 Å². The molecule has 3 rings (SSSR count). The number of nitrogens with zero attached hydrogens (tertiary/aromatic N) is 2. The number of thiophene rings is 1. The molecular formula is C12H10N2OS. The van der Waals surface area contributed by atoms with Gasteiger partial charge in [0.05, 0.1) is 11.1 Å². The lowest BCUT2D eigenvalue weighted by Gasteiger charge is -1.95. The summed E-state index contributed by atoms with van der Waals surface area (Å²) in [5.41, 5.74) is 1.78. The second kappa shape index (κ2) is 3.79. The number of hydrogen-bond acceptors (Lipinski definition) is 4. The number of carbonyl (C=O) groups excluding carboxylic acids is 1. The van der Waals surface area contributed by atoms with Gasteiger partial charge >= 0.3 is 0 Å². The zero-order chi connectivity index (χ0) is 11.0. The number of rotatable bonds is 2. The maximum absolute atomic E-state index is 12.1. The second-order valence-corrected chi connectivity index (χ2v) is 4.97. The molecule has 0 saturated carbocycles. The summed E-state index contributed by atoms with van der Waals surface area (Å²) in [5, 5.41) is 0. The minimum atomic E-state index is -0.00694. The van der Waals surface area contributed by atoms with E-state index in [1.807, 2.05) is 6.07 Å². The first-order chi connectivity index (χ1) is 7.84. The van der Waals surface area contributed by atoms with E-state index in [1.165, 1.54) is 23.1 Å². The van der Waals surface area contributed by atoms with Crippen molar-refractivity contribution in [2.24, 2.45) is 0 Å². The highest BCUT2D eigenvalue weighted by atomic mass is 32.1. The van der Waals surface area contributed by atoms with Crippen molar-refractivity contribution in [1.29, 1.82) is 0 Å².